The maximum atomic E-state index is 11.3. The molecule has 19 heavy (non-hydrogen) atoms. The fraction of sp³-hybridized carbons (Fsp3) is 0.357. The van der Waals surface area contributed by atoms with Gasteiger partial charge in [0, 0.05) is 23.5 Å². The highest BCUT2D eigenvalue weighted by Gasteiger charge is 2.05. The van der Waals surface area contributed by atoms with Crippen molar-refractivity contribution >= 4 is 11.7 Å². The molecule has 0 amide bonds. The summed E-state index contributed by atoms with van der Waals surface area (Å²) in [5.41, 5.74) is 1.49. The Labute approximate surface area is 113 Å². The van der Waals surface area contributed by atoms with Gasteiger partial charge in [0.05, 0.1) is 20.8 Å². The fourth-order valence-electron chi connectivity index (χ4n) is 1.54. The molecule has 0 saturated heterocycles. The Morgan fingerprint density at radius 1 is 1.26 bits per heavy atom. The van der Waals surface area contributed by atoms with Crippen LogP contribution in [-0.2, 0) is 9.53 Å². The van der Waals surface area contributed by atoms with Crippen molar-refractivity contribution in [3.8, 4) is 11.5 Å². The summed E-state index contributed by atoms with van der Waals surface area (Å²) in [4.78, 5) is 11.3. The second kappa shape index (κ2) is 7.31. The number of rotatable bonds is 6. The lowest BCUT2D eigenvalue weighted by Crippen LogP contribution is -2.04. The van der Waals surface area contributed by atoms with Gasteiger partial charge in [-0.1, -0.05) is 0 Å². The number of nitrogens with one attached hydrogen (secondary N) is 1. The quantitative estimate of drug-likeness (QED) is 0.633. The number of carbonyl (C=O) groups excluding carboxylic acids is 1. The summed E-state index contributed by atoms with van der Waals surface area (Å²) in [5, 5.41) is 3.08. The van der Waals surface area contributed by atoms with Gasteiger partial charge < -0.3 is 19.5 Å². The molecule has 0 spiro atoms. The second-order valence-corrected chi connectivity index (χ2v) is 3.77. The number of esters is 1. The van der Waals surface area contributed by atoms with E-state index in [0.29, 0.717) is 23.8 Å². The van der Waals surface area contributed by atoms with Crippen LogP contribution in [0.5, 0.6) is 11.5 Å². The molecule has 0 atom stereocenters. The van der Waals surface area contributed by atoms with Crippen molar-refractivity contribution in [3.63, 3.8) is 0 Å². The lowest BCUT2D eigenvalue weighted by Gasteiger charge is -2.11. The molecule has 0 saturated carbocycles. The zero-order chi connectivity index (χ0) is 14.3. The average Bonchev–Trinajstić information content (AvgIpc) is 2.38. The predicted molar refractivity (Wildman–Crippen MR) is 73.6 cm³/mol. The highest BCUT2D eigenvalue weighted by Crippen LogP contribution is 2.30. The zero-order valence-corrected chi connectivity index (χ0v) is 11.6. The molecule has 0 heterocycles. The molecule has 0 aliphatic heterocycles. The van der Waals surface area contributed by atoms with Crippen molar-refractivity contribution in [3.05, 3.63) is 30.0 Å². The van der Waals surface area contributed by atoms with Gasteiger partial charge in [-0.3, -0.25) is 0 Å². The van der Waals surface area contributed by atoms with Crippen LogP contribution < -0.4 is 14.8 Å². The number of benzene rings is 1. The SMILES string of the molecule is CCOC(=O)/C=C(\C)Nc1ccc(OC)c(OC)c1. The summed E-state index contributed by atoms with van der Waals surface area (Å²) in [6.45, 7) is 3.91. The molecule has 0 aliphatic carbocycles. The van der Waals surface area contributed by atoms with E-state index in [-0.39, 0.29) is 5.97 Å². The predicted octanol–water partition coefficient (Wildman–Crippen LogP) is 2.58. The van der Waals surface area contributed by atoms with Crippen LogP contribution in [0, 0.1) is 0 Å². The van der Waals surface area contributed by atoms with Gasteiger partial charge in [-0.2, -0.15) is 0 Å². The highest BCUT2D eigenvalue weighted by atomic mass is 16.5. The minimum absolute atomic E-state index is 0.360. The van der Waals surface area contributed by atoms with Gasteiger partial charge in [-0.05, 0) is 26.0 Å². The summed E-state index contributed by atoms with van der Waals surface area (Å²) in [6, 6.07) is 5.42. The van der Waals surface area contributed by atoms with Crippen LogP contribution in [0.25, 0.3) is 0 Å². The second-order valence-electron chi connectivity index (χ2n) is 3.77. The first-order chi connectivity index (χ1) is 9.10. The number of hydrogen-bond acceptors (Lipinski definition) is 5. The van der Waals surface area contributed by atoms with Crippen molar-refractivity contribution in [2.45, 2.75) is 13.8 Å². The Bertz CT molecular complexity index is 469. The van der Waals surface area contributed by atoms with E-state index >= 15 is 0 Å². The number of ether oxygens (including phenoxy) is 3. The third-order valence-electron chi connectivity index (χ3n) is 2.35. The van der Waals surface area contributed by atoms with Gasteiger partial charge in [0.2, 0.25) is 0 Å². The number of carbonyl (C=O) groups is 1. The summed E-state index contributed by atoms with van der Waals surface area (Å²) >= 11 is 0. The molecular formula is C14H19NO4. The molecular weight excluding hydrogens is 246 g/mol. The lowest BCUT2D eigenvalue weighted by atomic mass is 10.2. The first kappa shape index (κ1) is 14.9. The van der Waals surface area contributed by atoms with Gasteiger partial charge >= 0.3 is 5.97 Å². The fourth-order valence-corrected chi connectivity index (χ4v) is 1.54. The molecule has 0 fully saturated rings. The van der Waals surface area contributed by atoms with Crippen LogP contribution in [0.4, 0.5) is 5.69 Å². The van der Waals surface area contributed by atoms with Gasteiger partial charge in [0.25, 0.3) is 0 Å². The highest BCUT2D eigenvalue weighted by molar-refractivity contribution is 5.83. The summed E-state index contributed by atoms with van der Waals surface area (Å²) in [5.74, 6) is 0.907. The Morgan fingerprint density at radius 2 is 1.95 bits per heavy atom. The molecule has 1 aromatic carbocycles. The van der Waals surface area contributed by atoms with Crippen LogP contribution in [0.2, 0.25) is 0 Å². The Balaban J connectivity index is 2.79. The number of methoxy groups -OCH3 is 2. The van der Waals surface area contributed by atoms with Gasteiger partial charge in [-0.15, -0.1) is 0 Å². The van der Waals surface area contributed by atoms with Gasteiger partial charge in [0.1, 0.15) is 0 Å². The minimum atomic E-state index is -0.368. The molecule has 0 unspecified atom stereocenters. The molecule has 0 bridgehead atoms. The maximum absolute atomic E-state index is 11.3. The van der Waals surface area contributed by atoms with Crippen molar-refractivity contribution in [2.75, 3.05) is 26.1 Å². The van der Waals surface area contributed by atoms with Crippen molar-refractivity contribution < 1.29 is 19.0 Å². The number of anilines is 1. The average molecular weight is 265 g/mol. The molecule has 104 valence electrons. The van der Waals surface area contributed by atoms with Crippen molar-refractivity contribution in [2.24, 2.45) is 0 Å². The molecule has 0 aliphatic rings. The topological polar surface area (TPSA) is 56.8 Å². The zero-order valence-electron chi connectivity index (χ0n) is 11.6. The van der Waals surface area contributed by atoms with Crippen LogP contribution in [0.1, 0.15) is 13.8 Å². The summed E-state index contributed by atoms with van der Waals surface area (Å²) < 4.78 is 15.2. The van der Waals surface area contributed by atoms with Gasteiger partial charge in [-0.25, -0.2) is 4.79 Å². The van der Waals surface area contributed by atoms with E-state index in [9.17, 15) is 4.79 Å². The van der Waals surface area contributed by atoms with Crippen LogP contribution >= 0.6 is 0 Å². The van der Waals surface area contributed by atoms with E-state index in [4.69, 9.17) is 14.2 Å². The summed E-state index contributed by atoms with van der Waals surface area (Å²) in [7, 11) is 3.15. The van der Waals surface area contributed by atoms with E-state index in [1.807, 2.05) is 6.07 Å². The normalized spacial score (nSPS) is 10.8. The molecule has 0 radical (unpaired) electrons. The van der Waals surface area contributed by atoms with E-state index in [0.717, 1.165) is 5.69 Å². The minimum Gasteiger partial charge on any atom is -0.493 e. The van der Waals surface area contributed by atoms with E-state index in [2.05, 4.69) is 5.32 Å². The Hall–Kier alpha value is -2.17. The number of hydrogen-bond donors (Lipinski definition) is 1. The molecule has 5 nitrogen and oxygen atoms in total. The first-order valence-electron chi connectivity index (χ1n) is 5.94. The van der Waals surface area contributed by atoms with E-state index in [1.165, 1.54) is 6.08 Å². The summed E-state index contributed by atoms with van der Waals surface area (Å²) in [6.07, 6.45) is 1.40. The van der Waals surface area contributed by atoms with Gasteiger partial charge in [0.15, 0.2) is 11.5 Å². The van der Waals surface area contributed by atoms with Crippen molar-refractivity contribution in [1.29, 1.82) is 0 Å². The van der Waals surface area contributed by atoms with Crippen molar-refractivity contribution in [1.82, 2.24) is 0 Å². The molecule has 1 N–H and O–H groups in total. The smallest absolute Gasteiger partial charge is 0.332 e. The molecule has 5 heteroatoms. The number of allylic oxidation sites excluding steroid dienone is 1. The van der Waals surface area contributed by atoms with Crippen LogP contribution in [-0.4, -0.2) is 26.8 Å². The molecule has 1 rings (SSSR count). The molecule has 0 aromatic heterocycles. The molecule has 1 aromatic rings. The third-order valence-corrected chi connectivity index (χ3v) is 2.35. The lowest BCUT2D eigenvalue weighted by molar-refractivity contribution is -0.137. The monoisotopic (exact) mass is 265 g/mol. The van der Waals surface area contributed by atoms with E-state index in [1.54, 1.807) is 40.2 Å². The van der Waals surface area contributed by atoms with E-state index < -0.39 is 0 Å². The maximum Gasteiger partial charge on any atom is 0.332 e. The van der Waals surface area contributed by atoms with Crippen LogP contribution in [0.15, 0.2) is 30.0 Å². The third kappa shape index (κ3) is 4.54. The first-order valence-corrected chi connectivity index (χ1v) is 5.94. The standard InChI is InChI=1S/C14H19NO4/c1-5-19-14(16)8-10(2)15-11-6-7-12(17-3)13(9-11)18-4/h6-9,15H,5H2,1-4H3/b10-8+. The van der Waals surface area contributed by atoms with Crippen LogP contribution in [0.3, 0.4) is 0 Å². The largest absolute Gasteiger partial charge is 0.493 e. The Kier molecular flexibility index (Phi) is 5.73. The Morgan fingerprint density at radius 3 is 2.53 bits per heavy atom.